The van der Waals surface area contributed by atoms with E-state index < -0.39 is 9.84 Å². The Hall–Kier alpha value is -1.60. The van der Waals surface area contributed by atoms with Crippen molar-refractivity contribution < 1.29 is 13.2 Å². The van der Waals surface area contributed by atoms with E-state index >= 15 is 0 Å². The summed E-state index contributed by atoms with van der Waals surface area (Å²) in [4.78, 5) is 4.83. The van der Waals surface area contributed by atoms with E-state index in [0.29, 0.717) is 24.0 Å². The molecule has 0 aliphatic carbocycles. The summed E-state index contributed by atoms with van der Waals surface area (Å²) in [7, 11) is -3.14. The molecule has 0 heterocycles. The van der Waals surface area contributed by atoms with Crippen LogP contribution in [0, 0.1) is 5.92 Å². The number of sulfone groups is 1. The molecule has 0 aliphatic rings. The van der Waals surface area contributed by atoms with Crippen LogP contribution in [0.25, 0.3) is 0 Å². The second kappa shape index (κ2) is 11.1. The Kier molecular flexibility index (Phi) is 9.52. The average molecular weight is 370 g/mol. The predicted octanol–water partition coefficient (Wildman–Crippen LogP) is 1.86. The van der Waals surface area contributed by atoms with Gasteiger partial charge in [-0.05, 0) is 37.0 Å². The smallest absolute Gasteiger partial charge is 0.191 e. The van der Waals surface area contributed by atoms with Gasteiger partial charge in [-0.25, -0.2) is 8.42 Å². The number of guanidine groups is 1. The van der Waals surface area contributed by atoms with Gasteiger partial charge in [-0.2, -0.15) is 0 Å². The highest BCUT2D eigenvalue weighted by atomic mass is 32.2. The van der Waals surface area contributed by atoms with Gasteiger partial charge in [0.05, 0.1) is 18.0 Å². The fourth-order valence-corrected chi connectivity index (χ4v) is 2.74. The topological polar surface area (TPSA) is 79.8 Å². The first-order valence-electron chi connectivity index (χ1n) is 8.71. The molecule has 7 heteroatoms. The normalized spacial score (nSPS) is 12.4. The molecule has 0 aromatic heterocycles. The maximum atomic E-state index is 11.5. The van der Waals surface area contributed by atoms with Crippen molar-refractivity contribution in [3.63, 3.8) is 0 Å². The molecule has 6 nitrogen and oxygen atoms in total. The Morgan fingerprint density at radius 2 is 1.88 bits per heavy atom. The summed E-state index contributed by atoms with van der Waals surface area (Å²) < 4.78 is 28.4. The van der Waals surface area contributed by atoms with Gasteiger partial charge in [0, 0.05) is 26.0 Å². The van der Waals surface area contributed by atoms with E-state index in [9.17, 15) is 8.42 Å². The SMILES string of the molecule is CCNC(=NCCOCC(C)C)NCCc1ccc(S(C)(=O)=O)cc1. The van der Waals surface area contributed by atoms with E-state index in [-0.39, 0.29) is 0 Å². The molecule has 1 rings (SSSR count). The third-order valence-corrected chi connectivity index (χ3v) is 4.49. The van der Waals surface area contributed by atoms with Gasteiger partial charge in [0.1, 0.15) is 0 Å². The van der Waals surface area contributed by atoms with Gasteiger partial charge in [-0.15, -0.1) is 0 Å². The summed E-state index contributed by atoms with van der Waals surface area (Å²) in [6, 6.07) is 7.00. The minimum atomic E-state index is -3.14. The molecule has 0 bridgehead atoms. The molecule has 1 aromatic rings. The van der Waals surface area contributed by atoms with E-state index in [1.54, 1.807) is 12.1 Å². The van der Waals surface area contributed by atoms with Crippen molar-refractivity contribution in [2.24, 2.45) is 10.9 Å². The number of rotatable bonds is 10. The standard InChI is InChI=1S/C18H31N3O3S/c1-5-19-18(21-12-13-24-14-15(2)3)20-11-10-16-6-8-17(9-7-16)25(4,22)23/h6-9,15H,5,10-14H2,1-4H3,(H2,19,20,21). The number of nitrogens with zero attached hydrogens (tertiary/aromatic N) is 1. The van der Waals surface area contributed by atoms with Gasteiger partial charge >= 0.3 is 0 Å². The van der Waals surface area contributed by atoms with Crippen LogP contribution in [0.1, 0.15) is 26.3 Å². The van der Waals surface area contributed by atoms with Crippen LogP contribution in [-0.2, 0) is 21.0 Å². The number of hydrogen-bond acceptors (Lipinski definition) is 4. The largest absolute Gasteiger partial charge is 0.379 e. The van der Waals surface area contributed by atoms with Gasteiger partial charge in [0.2, 0.25) is 0 Å². The second-order valence-electron chi connectivity index (χ2n) is 6.32. The molecular weight excluding hydrogens is 338 g/mol. The van der Waals surface area contributed by atoms with Crippen LogP contribution >= 0.6 is 0 Å². The zero-order valence-electron chi connectivity index (χ0n) is 15.7. The van der Waals surface area contributed by atoms with Crippen LogP contribution < -0.4 is 10.6 Å². The van der Waals surface area contributed by atoms with Gasteiger partial charge in [0.15, 0.2) is 15.8 Å². The first kappa shape index (κ1) is 21.4. The third kappa shape index (κ3) is 9.45. The van der Waals surface area contributed by atoms with Crippen molar-refractivity contribution in [1.82, 2.24) is 10.6 Å². The molecule has 142 valence electrons. The lowest BCUT2D eigenvalue weighted by Crippen LogP contribution is -2.38. The van der Waals surface area contributed by atoms with Crippen LogP contribution in [0.2, 0.25) is 0 Å². The Morgan fingerprint density at radius 3 is 2.44 bits per heavy atom. The zero-order valence-corrected chi connectivity index (χ0v) is 16.5. The third-order valence-electron chi connectivity index (χ3n) is 3.36. The monoisotopic (exact) mass is 369 g/mol. The van der Waals surface area contributed by atoms with Gasteiger partial charge < -0.3 is 15.4 Å². The quantitative estimate of drug-likeness (QED) is 0.374. The first-order valence-corrected chi connectivity index (χ1v) is 10.6. The Morgan fingerprint density at radius 1 is 1.20 bits per heavy atom. The molecule has 0 saturated heterocycles. The summed E-state index contributed by atoms with van der Waals surface area (Å²) in [5.41, 5.74) is 1.08. The zero-order chi connectivity index (χ0) is 18.7. The van der Waals surface area contributed by atoms with Crippen LogP contribution in [0.15, 0.2) is 34.2 Å². The highest BCUT2D eigenvalue weighted by molar-refractivity contribution is 7.90. The summed E-state index contributed by atoms with van der Waals surface area (Å²) in [5, 5.41) is 6.48. The van der Waals surface area contributed by atoms with Crippen molar-refractivity contribution in [1.29, 1.82) is 0 Å². The number of nitrogens with one attached hydrogen (secondary N) is 2. The maximum Gasteiger partial charge on any atom is 0.191 e. The van der Waals surface area contributed by atoms with Crippen molar-refractivity contribution in [2.75, 3.05) is 39.1 Å². The molecule has 0 atom stereocenters. The maximum absolute atomic E-state index is 11.5. The minimum absolute atomic E-state index is 0.348. The van der Waals surface area contributed by atoms with E-state index in [0.717, 1.165) is 37.6 Å². The summed E-state index contributed by atoms with van der Waals surface area (Å²) in [6.07, 6.45) is 2.01. The number of ether oxygens (including phenoxy) is 1. The van der Waals surface area contributed by atoms with Crippen LogP contribution in [0.5, 0.6) is 0 Å². The Labute approximate surface area is 152 Å². The lowest BCUT2D eigenvalue weighted by Gasteiger charge is -2.12. The van der Waals surface area contributed by atoms with Crippen LogP contribution in [0.4, 0.5) is 0 Å². The van der Waals surface area contributed by atoms with Crippen molar-refractivity contribution in [3.8, 4) is 0 Å². The first-order chi connectivity index (χ1) is 11.8. The lowest BCUT2D eigenvalue weighted by atomic mass is 10.1. The van der Waals surface area contributed by atoms with E-state index in [1.165, 1.54) is 6.26 Å². The molecule has 0 spiro atoms. The number of hydrogen-bond donors (Lipinski definition) is 2. The van der Waals surface area contributed by atoms with Gasteiger partial charge in [-0.3, -0.25) is 4.99 Å². The van der Waals surface area contributed by atoms with E-state index in [1.807, 2.05) is 19.1 Å². The summed E-state index contributed by atoms with van der Waals surface area (Å²) >= 11 is 0. The fraction of sp³-hybridized carbons (Fsp3) is 0.611. The molecule has 0 fully saturated rings. The predicted molar refractivity (Wildman–Crippen MR) is 103 cm³/mol. The van der Waals surface area contributed by atoms with Crippen molar-refractivity contribution >= 4 is 15.8 Å². The second-order valence-corrected chi connectivity index (χ2v) is 8.34. The average Bonchev–Trinajstić information content (AvgIpc) is 2.54. The number of benzene rings is 1. The molecular formula is C18H31N3O3S. The van der Waals surface area contributed by atoms with Crippen molar-refractivity contribution in [2.45, 2.75) is 32.1 Å². The molecule has 0 unspecified atom stereocenters. The fourth-order valence-electron chi connectivity index (χ4n) is 2.11. The van der Waals surface area contributed by atoms with Gasteiger partial charge in [-0.1, -0.05) is 26.0 Å². The molecule has 0 radical (unpaired) electrons. The highest BCUT2D eigenvalue weighted by Gasteiger charge is 2.06. The minimum Gasteiger partial charge on any atom is -0.379 e. The van der Waals surface area contributed by atoms with Crippen LogP contribution in [-0.4, -0.2) is 53.5 Å². The van der Waals surface area contributed by atoms with Gasteiger partial charge in [0.25, 0.3) is 0 Å². The molecule has 0 amide bonds. The Balaban J connectivity index is 2.41. The number of aliphatic imine (C=N–C) groups is 1. The molecule has 1 aromatic carbocycles. The van der Waals surface area contributed by atoms with E-state index in [4.69, 9.17) is 4.74 Å². The summed E-state index contributed by atoms with van der Waals surface area (Å²) in [5.74, 6) is 1.30. The molecule has 25 heavy (non-hydrogen) atoms. The lowest BCUT2D eigenvalue weighted by molar-refractivity contribution is 0.117. The summed E-state index contributed by atoms with van der Waals surface area (Å²) in [6.45, 7) is 9.76. The Bertz CT molecular complexity index is 625. The van der Waals surface area contributed by atoms with Crippen molar-refractivity contribution in [3.05, 3.63) is 29.8 Å². The molecule has 2 N–H and O–H groups in total. The highest BCUT2D eigenvalue weighted by Crippen LogP contribution is 2.10. The molecule has 0 saturated carbocycles. The van der Waals surface area contributed by atoms with Crippen LogP contribution in [0.3, 0.4) is 0 Å². The molecule has 0 aliphatic heterocycles. The van der Waals surface area contributed by atoms with E-state index in [2.05, 4.69) is 29.5 Å².